The smallest absolute Gasteiger partial charge is 0.354 e. The van der Waals surface area contributed by atoms with Crippen molar-refractivity contribution in [1.82, 2.24) is 25.0 Å². The number of aromatic carboxylic acids is 1. The van der Waals surface area contributed by atoms with Gasteiger partial charge in [-0.3, -0.25) is 0 Å². The first-order chi connectivity index (χ1) is 7.25. The number of aromatic nitrogens is 5. The van der Waals surface area contributed by atoms with E-state index in [0.717, 1.165) is 18.5 Å². The zero-order valence-corrected chi connectivity index (χ0v) is 7.66. The molecule has 0 spiro atoms. The van der Waals surface area contributed by atoms with Gasteiger partial charge < -0.3 is 5.11 Å². The number of tetrazole rings is 1. The molecule has 0 unspecified atom stereocenters. The minimum absolute atomic E-state index is 0.000741. The first-order valence-electron chi connectivity index (χ1n) is 4.58. The molecule has 7 heteroatoms. The normalized spacial score (nSPS) is 15.7. The highest BCUT2D eigenvalue weighted by atomic mass is 16.4. The molecule has 2 heterocycles. The predicted molar refractivity (Wildman–Crippen MR) is 47.5 cm³/mol. The van der Waals surface area contributed by atoms with Gasteiger partial charge in [-0.1, -0.05) is 5.10 Å². The lowest BCUT2D eigenvalue weighted by molar-refractivity contribution is 0.0690. The third-order valence-corrected chi connectivity index (χ3v) is 2.42. The second-order valence-corrected chi connectivity index (χ2v) is 3.54. The second-order valence-electron chi connectivity index (χ2n) is 3.54. The number of nitrogens with zero attached hydrogens (tertiary/aromatic N) is 5. The minimum Gasteiger partial charge on any atom is -0.477 e. The molecule has 3 rings (SSSR count). The topological polar surface area (TPSA) is 93.3 Å². The fraction of sp³-hybridized carbons (Fsp3) is 0.375. The molecule has 1 aliphatic carbocycles. The second kappa shape index (κ2) is 2.72. The number of hydrogen-bond acceptors (Lipinski definition) is 5. The van der Waals surface area contributed by atoms with Gasteiger partial charge in [0.25, 0.3) is 5.78 Å². The highest BCUT2D eigenvalue weighted by Gasteiger charge is 2.28. The van der Waals surface area contributed by atoms with Crippen molar-refractivity contribution in [1.29, 1.82) is 0 Å². The summed E-state index contributed by atoms with van der Waals surface area (Å²) in [5.41, 5.74) is 0.835. The summed E-state index contributed by atoms with van der Waals surface area (Å²) in [6, 6.07) is 1.54. The average Bonchev–Trinajstić information content (AvgIpc) is 2.94. The lowest BCUT2D eigenvalue weighted by Crippen LogP contribution is -2.07. The molecule has 7 nitrogen and oxygen atoms in total. The SMILES string of the molecule is O=C(O)c1cc(C2CC2)n2nnnc2n1. The van der Waals surface area contributed by atoms with Crippen molar-refractivity contribution in [2.45, 2.75) is 18.8 Å². The molecule has 0 radical (unpaired) electrons. The summed E-state index contributed by atoms with van der Waals surface area (Å²) in [7, 11) is 0. The van der Waals surface area contributed by atoms with E-state index in [0.29, 0.717) is 5.92 Å². The largest absolute Gasteiger partial charge is 0.477 e. The molecule has 0 amide bonds. The number of carbonyl (C=O) groups is 1. The molecular weight excluding hydrogens is 198 g/mol. The van der Waals surface area contributed by atoms with Gasteiger partial charge in [-0.25, -0.2) is 9.78 Å². The van der Waals surface area contributed by atoms with Crippen LogP contribution in [0.4, 0.5) is 0 Å². The van der Waals surface area contributed by atoms with Crippen LogP contribution >= 0.6 is 0 Å². The third kappa shape index (κ3) is 1.24. The number of carboxylic acid groups (broad SMARTS) is 1. The number of carboxylic acids is 1. The van der Waals surface area contributed by atoms with Gasteiger partial charge in [-0.2, -0.15) is 4.52 Å². The lowest BCUT2D eigenvalue weighted by Gasteiger charge is -2.01. The van der Waals surface area contributed by atoms with Crippen LogP contribution in [0.25, 0.3) is 5.78 Å². The summed E-state index contributed by atoms with van der Waals surface area (Å²) in [4.78, 5) is 14.7. The van der Waals surface area contributed by atoms with Gasteiger partial charge in [0.2, 0.25) is 0 Å². The molecule has 0 aliphatic heterocycles. The molecule has 0 saturated heterocycles. The van der Waals surface area contributed by atoms with Crippen molar-refractivity contribution in [2.75, 3.05) is 0 Å². The van der Waals surface area contributed by atoms with Crippen molar-refractivity contribution >= 4 is 11.7 Å². The van der Waals surface area contributed by atoms with E-state index in [-0.39, 0.29) is 11.5 Å². The van der Waals surface area contributed by atoms with Crippen LogP contribution in [0, 0.1) is 0 Å². The van der Waals surface area contributed by atoms with E-state index < -0.39 is 5.97 Å². The highest BCUT2D eigenvalue weighted by molar-refractivity contribution is 5.85. The van der Waals surface area contributed by atoms with Gasteiger partial charge in [0.05, 0.1) is 5.69 Å². The van der Waals surface area contributed by atoms with Crippen LogP contribution < -0.4 is 0 Å². The first kappa shape index (κ1) is 8.27. The minimum atomic E-state index is -1.05. The van der Waals surface area contributed by atoms with Crippen LogP contribution in [0.3, 0.4) is 0 Å². The Hall–Kier alpha value is -2.05. The predicted octanol–water partition coefficient (Wildman–Crippen LogP) is 0.0949. The van der Waals surface area contributed by atoms with Gasteiger partial charge >= 0.3 is 5.97 Å². The third-order valence-electron chi connectivity index (χ3n) is 2.42. The molecule has 76 valence electrons. The molecule has 1 saturated carbocycles. The van der Waals surface area contributed by atoms with Gasteiger partial charge in [0.15, 0.2) is 5.69 Å². The molecule has 1 aliphatic rings. The number of hydrogen-bond donors (Lipinski definition) is 1. The highest BCUT2D eigenvalue weighted by Crippen LogP contribution is 2.39. The van der Waals surface area contributed by atoms with Crippen molar-refractivity contribution in [3.8, 4) is 0 Å². The van der Waals surface area contributed by atoms with E-state index in [9.17, 15) is 4.79 Å². The fourth-order valence-corrected chi connectivity index (χ4v) is 1.54. The Morgan fingerprint density at radius 3 is 3.00 bits per heavy atom. The molecule has 1 fully saturated rings. The molecule has 0 atom stereocenters. The van der Waals surface area contributed by atoms with Gasteiger partial charge in [0.1, 0.15) is 0 Å². The van der Waals surface area contributed by atoms with Crippen LogP contribution in [0.2, 0.25) is 0 Å². The molecule has 0 bridgehead atoms. The number of rotatable bonds is 2. The molecule has 2 aromatic heterocycles. The monoisotopic (exact) mass is 205 g/mol. The Morgan fingerprint density at radius 2 is 2.33 bits per heavy atom. The average molecular weight is 205 g/mol. The van der Waals surface area contributed by atoms with Gasteiger partial charge in [-0.05, 0) is 29.3 Å². The van der Waals surface area contributed by atoms with Crippen molar-refractivity contribution < 1.29 is 9.90 Å². The van der Waals surface area contributed by atoms with Crippen molar-refractivity contribution in [3.05, 3.63) is 17.5 Å². The standard InChI is InChI=1S/C8H7N5O2/c14-7(15)5-3-6(4-1-2-4)13-8(9-5)10-11-12-13/h3-4H,1-2H2,(H,14,15). The maximum Gasteiger partial charge on any atom is 0.354 e. The van der Waals surface area contributed by atoms with Crippen LogP contribution in [-0.2, 0) is 0 Å². The van der Waals surface area contributed by atoms with Crippen LogP contribution in [0.15, 0.2) is 6.07 Å². The molecular formula is C8H7N5O2. The summed E-state index contributed by atoms with van der Waals surface area (Å²) in [5.74, 6) is -0.434. The van der Waals surface area contributed by atoms with Crippen LogP contribution in [-0.4, -0.2) is 36.1 Å². The Bertz CT molecular complexity index is 545. The van der Waals surface area contributed by atoms with Gasteiger partial charge in [-0.15, -0.1) is 0 Å². The van der Waals surface area contributed by atoms with E-state index in [4.69, 9.17) is 5.11 Å². The molecule has 2 aromatic rings. The van der Waals surface area contributed by atoms with Crippen molar-refractivity contribution in [2.24, 2.45) is 0 Å². The summed E-state index contributed by atoms with van der Waals surface area (Å²) >= 11 is 0. The summed E-state index contributed by atoms with van der Waals surface area (Å²) in [6.07, 6.45) is 2.11. The Balaban J connectivity index is 2.28. The van der Waals surface area contributed by atoms with E-state index >= 15 is 0 Å². The summed E-state index contributed by atoms with van der Waals surface area (Å²) in [5, 5.41) is 19.8. The maximum absolute atomic E-state index is 10.8. The summed E-state index contributed by atoms with van der Waals surface area (Å²) in [6.45, 7) is 0. The van der Waals surface area contributed by atoms with E-state index in [2.05, 4.69) is 20.5 Å². The van der Waals surface area contributed by atoms with E-state index in [1.165, 1.54) is 4.52 Å². The summed E-state index contributed by atoms with van der Waals surface area (Å²) < 4.78 is 1.50. The lowest BCUT2D eigenvalue weighted by atomic mass is 10.2. The molecule has 0 aromatic carbocycles. The Kier molecular flexibility index (Phi) is 1.50. The first-order valence-corrected chi connectivity index (χ1v) is 4.58. The zero-order valence-electron chi connectivity index (χ0n) is 7.66. The quantitative estimate of drug-likeness (QED) is 0.747. The van der Waals surface area contributed by atoms with Gasteiger partial charge in [0, 0.05) is 5.92 Å². The zero-order chi connectivity index (χ0) is 10.4. The van der Waals surface area contributed by atoms with Crippen molar-refractivity contribution in [3.63, 3.8) is 0 Å². The Labute approximate surface area is 83.7 Å². The number of fused-ring (bicyclic) bond motifs is 1. The van der Waals surface area contributed by atoms with Crippen LogP contribution in [0.1, 0.15) is 34.9 Å². The maximum atomic E-state index is 10.8. The Morgan fingerprint density at radius 1 is 1.53 bits per heavy atom. The van der Waals surface area contributed by atoms with Crippen LogP contribution in [0.5, 0.6) is 0 Å². The molecule has 15 heavy (non-hydrogen) atoms. The molecule has 1 N–H and O–H groups in total. The van der Waals surface area contributed by atoms with E-state index in [1.54, 1.807) is 6.07 Å². The fourth-order valence-electron chi connectivity index (χ4n) is 1.54. The van der Waals surface area contributed by atoms with E-state index in [1.807, 2.05) is 0 Å².